The fourth-order valence-electron chi connectivity index (χ4n) is 3.92. The molecule has 0 aromatic carbocycles. The van der Waals surface area contributed by atoms with Gasteiger partial charge in [0.25, 0.3) is 5.56 Å². The van der Waals surface area contributed by atoms with Crippen LogP contribution in [-0.4, -0.2) is 53.3 Å². The van der Waals surface area contributed by atoms with Crippen LogP contribution >= 0.6 is 0 Å². The molecule has 2 aliphatic heterocycles. The second kappa shape index (κ2) is 6.69. The van der Waals surface area contributed by atoms with Gasteiger partial charge in [-0.05, 0) is 31.2 Å². The number of ether oxygens (including phenoxy) is 1. The fraction of sp³-hybridized carbons (Fsp3) is 0.667. The van der Waals surface area contributed by atoms with Gasteiger partial charge in [0.2, 0.25) is 5.91 Å². The van der Waals surface area contributed by atoms with Crippen LogP contribution < -0.4 is 10.9 Å². The Morgan fingerprint density at radius 1 is 1.29 bits per heavy atom. The van der Waals surface area contributed by atoms with Crippen LogP contribution in [0.1, 0.15) is 25.7 Å². The number of amides is 1. The molecule has 130 valence electrons. The van der Waals surface area contributed by atoms with Crippen molar-refractivity contribution in [1.82, 2.24) is 14.8 Å². The van der Waals surface area contributed by atoms with Gasteiger partial charge in [0.05, 0.1) is 12.7 Å². The quantitative estimate of drug-likeness (QED) is 0.858. The highest BCUT2D eigenvalue weighted by Crippen LogP contribution is 2.37. The molecule has 0 bridgehead atoms. The zero-order chi connectivity index (χ0) is 16.5. The molecule has 1 saturated carbocycles. The summed E-state index contributed by atoms with van der Waals surface area (Å²) in [5, 5.41) is 3.13. The van der Waals surface area contributed by atoms with Crippen molar-refractivity contribution in [2.24, 2.45) is 5.92 Å². The molecule has 1 N–H and O–H groups in total. The van der Waals surface area contributed by atoms with E-state index in [0.29, 0.717) is 25.1 Å². The van der Waals surface area contributed by atoms with E-state index in [9.17, 15) is 9.59 Å². The van der Waals surface area contributed by atoms with Crippen LogP contribution in [0.25, 0.3) is 0 Å². The number of fused-ring (bicyclic) bond motifs is 1. The summed E-state index contributed by atoms with van der Waals surface area (Å²) in [4.78, 5) is 26.3. The smallest absolute Gasteiger partial charge is 0.250 e. The number of aryl methyl sites for hydroxylation is 1. The van der Waals surface area contributed by atoms with E-state index in [-0.39, 0.29) is 17.5 Å². The summed E-state index contributed by atoms with van der Waals surface area (Å²) in [5.41, 5.74) is -0.0634. The lowest BCUT2D eigenvalue weighted by atomic mass is 10.1. The molecule has 3 heterocycles. The minimum atomic E-state index is -0.0634. The molecule has 0 spiro atoms. The van der Waals surface area contributed by atoms with E-state index >= 15 is 0 Å². The molecule has 4 rings (SSSR count). The zero-order valence-corrected chi connectivity index (χ0v) is 13.9. The topological polar surface area (TPSA) is 63.6 Å². The van der Waals surface area contributed by atoms with E-state index in [0.717, 1.165) is 32.0 Å². The van der Waals surface area contributed by atoms with Crippen molar-refractivity contribution in [3.8, 4) is 0 Å². The fourth-order valence-corrected chi connectivity index (χ4v) is 3.92. The number of pyridine rings is 1. The predicted octanol–water partition coefficient (Wildman–Crippen LogP) is 0.606. The van der Waals surface area contributed by atoms with Crippen LogP contribution in [-0.2, 0) is 16.1 Å². The molecule has 1 aromatic heterocycles. The number of carbonyl (C=O) groups is 1. The molecule has 24 heavy (non-hydrogen) atoms. The lowest BCUT2D eigenvalue weighted by Crippen LogP contribution is -2.47. The molecule has 3 atom stereocenters. The van der Waals surface area contributed by atoms with Crippen LogP contribution in [0.2, 0.25) is 0 Å². The maximum Gasteiger partial charge on any atom is 0.250 e. The third-order valence-electron chi connectivity index (χ3n) is 5.44. The molecule has 6 nitrogen and oxygen atoms in total. The van der Waals surface area contributed by atoms with Crippen LogP contribution in [0, 0.1) is 5.92 Å². The van der Waals surface area contributed by atoms with E-state index in [1.807, 2.05) is 6.07 Å². The van der Waals surface area contributed by atoms with E-state index in [1.54, 1.807) is 16.8 Å². The Bertz CT molecular complexity index is 655. The lowest BCUT2D eigenvalue weighted by molar-refractivity contribution is -0.121. The van der Waals surface area contributed by atoms with Crippen LogP contribution in [0.3, 0.4) is 0 Å². The summed E-state index contributed by atoms with van der Waals surface area (Å²) in [5.74, 6) is 0.791. The first-order valence-electron chi connectivity index (χ1n) is 8.99. The Kier molecular flexibility index (Phi) is 4.41. The third-order valence-corrected chi connectivity index (χ3v) is 5.44. The summed E-state index contributed by atoms with van der Waals surface area (Å²) in [6.07, 6.45) is 6.05. The van der Waals surface area contributed by atoms with Gasteiger partial charge in [-0.2, -0.15) is 0 Å². The number of nitrogens with zero attached hydrogens (tertiary/aromatic N) is 2. The molecule has 1 amide bonds. The second-order valence-corrected chi connectivity index (χ2v) is 7.30. The molecular weight excluding hydrogens is 306 g/mol. The molecule has 0 unspecified atom stereocenters. The number of carbonyl (C=O) groups excluding carboxylic acids is 1. The highest BCUT2D eigenvalue weighted by Gasteiger charge is 2.42. The minimum absolute atomic E-state index is 0.0234. The SMILES string of the molecule is O=C(CCn1ccccc1=O)N[C@H]1C[C@H]2CO[C@@H](C3CC3)CN2C1. The Morgan fingerprint density at radius 2 is 2.17 bits per heavy atom. The maximum absolute atomic E-state index is 12.2. The van der Waals surface area contributed by atoms with Gasteiger partial charge in [0.15, 0.2) is 0 Å². The van der Waals surface area contributed by atoms with Gasteiger partial charge in [0.1, 0.15) is 0 Å². The minimum Gasteiger partial charge on any atom is -0.375 e. The first kappa shape index (κ1) is 15.8. The Balaban J connectivity index is 1.25. The van der Waals surface area contributed by atoms with Crippen LogP contribution in [0.15, 0.2) is 29.2 Å². The third kappa shape index (κ3) is 3.54. The molecule has 0 radical (unpaired) electrons. The van der Waals surface area contributed by atoms with Crippen LogP contribution in [0.4, 0.5) is 0 Å². The summed E-state index contributed by atoms with van der Waals surface area (Å²) in [7, 11) is 0. The summed E-state index contributed by atoms with van der Waals surface area (Å²) >= 11 is 0. The first-order chi connectivity index (χ1) is 11.7. The standard InChI is InChI=1S/C18H25N3O3/c22-17(6-8-20-7-2-1-3-18(20)23)19-14-9-15-12-24-16(13-4-5-13)11-21(15)10-14/h1-3,7,13-16H,4-6,8-12H2,(H,19,22)/t14-,15-,16+/m0/s1. The second-order valence-electron chi connectivity index (χ2n) is 7.30. The van der Waals surface area contributed by atoms with Gasteiger partial charge in [-0.25, -0.2) is 0 Å². The molecule has 3 fully saturated rings. The normalized spacial score (nSPS) is 30.1. The average Bonchev–Trinajstić information content (AvgIpc) is 3.34. The zero-order valence-electron chi connectivity index (χ0n) is 13.9. The van der Waals surface area contributed by atoms with E-state index in [2.05, 4.69) is 10.2 Å². The Hall–Kier alpha value is -1.66. The van der Waals surface area contributed by atoms with Gasteiger partial charge in [-0.15, -0.1) is 0 Å². The Morgan fingerprint density at radius 3 is 2.96 bits per heavy atom. The molecule has 6 heteroatoms. The number of morpholine rings is 1. The van der Waals surface area contributed by atoms with Gasteiger partial charge >= 0.3 is 0 Å². The van der Waals surface area contributed by atoms with Gasteiger partial charge < -0.3 is 14.6 Å². The summed E-state index contributed by atoms with van der Waals surface area (Å²) in [6, 6.07) is 5.69. The molecule has 2 saturated heterocycles. The largest absolute Gasteiger partial charge is 0.375 e. The molecule has 1 aliphatic carbocycles. The van der Waals surface area contributed by atoms with Crippen molar-refractivity contribution in [2.75, 3.05) is 19.7 Å². The number of hydrogen-bond donors (Lipinski definition) is 1. The van der Waals surface area contributed by atoms with Crippen LogP contribution in [0.5, 0.6) is 0 Å². The van der Waals surface area contributed by atoms with Crippen molar-refractivity contribution >= 4 is 5.91 Å². The summed E-state index contributed by atoms with van der Waals surface area (Å²) in [6.45, 7) is 3.17. The van der Waals surface area contributed by atoms with Crippen molar-refractivity contribution < 1.29 is 9.53 Å². The Labute approximate surface area is 141 Å². The summed E-state index contributed by atoms with van der Waals surface area (Å²) < 4.78 is 7.57. The average molecular weight is 331 g/mol. The monoisotopic (exact) mass is 331 g/mol. The number of hydrogen-bond acceptors (Lipinski definition) is 4. The highest BCUT2D eigenvalue weighted by atomic mass is 16.5. The molecule has 1 aromatic rings. The molecule has 3 aliphatic rings. The number of nitrogens with one attached hydrogen (secondary N) is 1. The van der Waals surface area contributed by atoms with E-state index in [4.69, 9.17) is 4.74 Å². The maximum atomic E-state index is 12.2. The van der Waals surface area contributed by atoms with E-state index in [1.165, 1.54) is 18.9 Å². The number of rotatable bonds is 5. The van der Waals surface area contributed by atoms with E-state index < -0.39 is 0 Å². The van der Waals surface area contributed by atoms with Gasteiger partial charge in [-0.3, -0.25) is 14.5 Å². The first-order valence-corrected chi connectivity index (χ1v) is 8.99. The van der Waals surface area contributed by atoms with Crippen molar-refractivity contribution in [3.05, 3.63) is 34.7 Å². The highest BCUT2D eigenvalue weighted by molar-refractivity contribution is 5.76. The predicted molar refractivity (Wildman–Crippen MR) is 89.7 cm³/mol. The lowest BCUT2D eigenvalue weighted by Gasteiger charge is -2.35. The van der Waals surface area contributed by atoms with Crippen molar-refractivity contribution in [2.45, 2.75) is 50.4 Å². The van der Waals surface area contributed by atoms with Crippen molar-refractivity contribution in [1.29, 1.82) is 0 Å². The van der Waals surface area contributed by atoms with Gasteiger partial charge in [0, 0.05) is 50.4 Å². The van der Waals surface area contributed by atoms with Gasteiger partial charge in [-0.1, -0.05) is 6.07 Å². The molecular formula is C18H25N3O3. The number of aromatic nitrogens is 1. The van der Waals surface area contributed by atoms with Crippen molar-refractivity contribution in [3.63, 3.8) is 0 Å².